The van der Waals surface area contributed by atoms with Gasteiger partial charge in [0.2, 0.25) is 11.5 Å². The molecule has 0 aromatic carbocycles. The van der Waals surface area contributed by atoms with Crippen LogP contribution in [0.1, 0.15) is 12.1 Å². The largest absolute Gasteiger partial charge is 0.480 e. The van der Waals surface area contributed by atoms with Gasteiger partial charge in [0.1, 0.15) is 11.7 Å². The Bertz CT molecular complexity index is 666. The Labute approximate surface area is 124 Å². The number of fused-ring (bicyclic) bond motifs is 1. The number of carbonyl (C=O) groups excluding carboxylic acids is 1. The molecular weight excluding hydrogens is 294 g/mol. The quantitative estimate of drug-likeness (QED) is 0.680. The number of carboxylic acid groups (broad SMARTS) is 2. The predicted octanol–water partition coefficient (Wildman–Crippen LogP) is 0.297. The van der Waals surface area contributed by atoms with E-state index in [1.54, 1.807) is 19.1 Å². The normalized spacial score (nSPS) is 26.3. The third-order valence-corrected chi connectivity index (χ3v) is 3.81. The van der Waals surface area contributed by atoms with Gasteiger partial charge in [-0.25, -0.2) is 14.6 Å². The van der Waals surface area contributed by atoms with E-state index >= 15 is 0 Å². The number of ether oxygens (including phenoxy) is 1. The minimum Gasteiger partial charge on any atom is -0.480 e. The van der Waals surface area contributed by atoms with Crippen molar-refractivity contribution in [3.63, 3.8) is 0 Å². The maximum Gasteiger partial charge on any atom is 0.408 e. The van der Waals surface area contributed by atoms with Crippen LogP contribution in [0.3, 0.4) is 0 Å². The van der Waals surface area contributed by atoms with Crippen LogP contribution in [0.2, 0.25) is 0 Å². The minimum absolute atomic E-state index is 0.163. The average Bonchev–Trinajstić information content (AvgIpc) is 2.82. The first-order valence-electron chi connectivity index (χ1n) is 6.53. The van der Waals surface area contributed by atoms with Crippen LogP contribution in [-0.4, -0.2) is 56.3 Å². The van der Waals surface area contributed by atoms with Crippen LogP contribution in [0.15, 0.2) is 12.1 Å². The van der Waals surface area contributed by atoms with E-state index in [4.69, 9.17) is 14.9 Å². The summed E-state index contributed by atoms with van der Waals surface area (Å²) < 4.78 is 5.64. The van der Waals surface area contributed by atoms with Crippen molar-refractivity contribution in [3.8, 4) is 5.88 Å². The molecule has 2 amide bonds. The van der Waals surface area contributed by atoms with Crippen molar-refractivity contribution in [2.24, 2.45) is 0 Å². The standard InChI is InChI=1S/C13H13N3O6/c1-6-2-3-7-9(14-6)22-13(11(19)15-7)4-8(10(17)18)16(5-13)12(20)21/h2-3,8H,4-5H2,1H3,(H,15,19)(H,17,18)(H,20,21)/t8-,13?/m0/s1. The van der Waals surface area contributed by atoms with Crippen molar-refractivity contribution in [2.75, 3.05) is 11.9 Å². The van der Waals surface area contributed by atoms with Crippen LogP contribution in [-0.2, 0) is 9.59 Å². The fourth-order valence-corrected chi connectivity index (χ4v) is 2.71. The van der Waals surface area contributed by atoms with E-state index in [9.17, 15) is 14.4 Å². The molecule has 9 heteroatoms. The summed E-state index contributed by atoms with van der Waals surface area (Å²) in [5.41, 5.74) is -0.537. The van der Waals surface area contributed by atoms with Crippen molar-refractivity contribution < 1.29 is 29.3 Å². The molecule has 1 spiro atoms. The summed E-state index contributed by atoms with van der Waals surface area (Å²) >= 11 is 0. The lowest BCUT2D eigenvalue weighted by molar-refractivity contribution is -0.141. The van der Waals surface area contributed by atoms with Crippen molar-refractivity contribution in [1.29, 1.82) is 0 Å². The molecule has 0 saturated carbocycles. The molecule has 3 heterocycles. The van der Waals surface area contributed by atoms with Gasteiger partial charge >= 0.3 is 12.1 Å². The highest BCUT2D eigenvalue weighted by molar-refractivity contribution is 6.02. The van der Waals surface area contributed by atoms with Crippen molar-refractivity contribution in [1.82, 2.24) is 9.88 Å². The SMILES string of the molecule is Cc1ccc2c(n1)OC1(C[C@@H](C(=O)O)N(C(=O)O)C1)C(=O)N2. The van der Waals surface area contributed by atoms with E-state index in [0.29, 0.717) is 16.3 Å². The monoisotopic (exact) mass is 307 g/mol. The summed E-state index contributed by atoms with van der Waals surface area (Å²) in [6, 6.07) is 1.98. The molecule has 1 aromatic heterocycles. The first kappa shape index (κ1) is 14.1. The Morgan fingerprint density at radius 1 is 1.45 bits per heavy atom. The molecule has 9 nitrogen and oxygen atoms in total. The van der Waals surface area contributed by atoms with Crippen molar-refractivity contribution >= 4 is 23.7 Å². The van der Waals surface area contributed by atoms with Gasteiger partial charge in [-0.3, -0.25) is 9.69 Å². The molecule has 116 valence electrons. The second kappa shape index (κ2) is 4.58. The van der Waals surface area contributed by atoms with Gasteiger partial charge in [0.25, 0.3) is 5.91 Å². The number of nitrogens with zero attached hydrogens (tertiary/aromatic N) is 2. The third kappa shape index (κ3) is 2.01. The summed E-state index contributed by atoms with van der Waals surface area (Å²) in [7, 11) is 0. The van der Waals surface area contributed by atoms with Crippen LogP contribution in [0.4, 0.5) is 10.5 Å². The van der Waals surface area contributed by atoms with Gasteiger partial charge in [0.15, 0.2) is 0 Å². The zero-order valence-electron chi connectivity index (χ0n) is 11.6. The van der Waals surface area contributed by atoms with Crippen LogP contribution in [0.25, 0.3) is 0 Å². The lowest BCUT2D eigenvalue weighted by Crippen LogP contribution is -2.53. The molecular formula is C13H13N3O6. The fraction of sp³-hybridized carbons (Fsp3) is 0.385. The zero-order chi connectivity index (χ0) is 16.1. The molecule has 1 unspecified atom stereocenters. The lowest BCUT2D eigenvalue weighted by atomic mass is 9.97. The number of rotatable bonds is 1. The molecule has 1 fully saturated rings. The number of aryl methyl sites for hydroxylation is 1. The maximum atomic E-state index is 12.3. The van der Waals surface area contributed by atoms with E-state index in [-0.39, 0.29) is 18.8 Å². The number of nitrogens with one attached hydrogen (secondary N) is 1. The minimum atomic E-state index is -1.57. The molecule has 2 aliphatic heterocycles. The van der Waals surface area contributed by atoms with Gasteiger partial charge in [-0.05, 0) is 19.1 Å². The van der Waals surface area contributed by atoms with Crippen molar-refractivity contribution in [3.05, 3.63) is 17.8 Å². The van der Waals surface area contributed by atoms with Gasteiger partial charge in [-0.1, -0.05) is 0 Å². The molecule has 1 saturated heterocycles. The zero-order valence-corrected chi connectivity index (χ0v) is 11.6. The number of amides is 2. The van der Waals surface area contributed by atoms with Crippen LogP contribution in [0.5, 0.6) is 5.88 Å². The summed E-state index contributed by atoms with van der Waals surface area (Å²) in [6.07, 6.45) is -1.68. The summed E-state index contributed by atoms with van der Waals surface area (Å²) in [5.74, 6) is -1.73. The Kier molecular flexibility index (Phi) is 2.94. The molecule has 1 aromatic rings. The first-order valence-corrected chi connectivity index (χ1v) is 6.53. The maximum absolute atomic E-state index is 12.3. The number of anilines is 1. The second-order valence-electron chi connectivity index (χ2n) is 5.32. The highest BCUT2D eigenvalue weighted by Gasteiger charge is 2.57. The van der Waals surface area contributed by atoms with Gasteiger partial charge in [-0.15, -0.1) is 0 Å². The number of carbonyl (C=O) groups is 3. The van der Waals surface area contributed by atoms with Crippen LogP contribution < -0.4 is 10.1 Å². The molecule has 22 heavy (non-hydrogen) atoms. The van der Waals surface area contributed by atoms with E-state index in [1.165, 1.54) is 0 Å². The number of aromatic nitrogens is 1. The number of hydrogen-bond donors (Lipinski definition) is 3. The Balaban J connectivity index is 1.99. The number of pyridine rings is 1. The Morgan fingerprint density at radius 3 is 2.77 bits per heavy atom. The lowest BCUT2D eigenvalue weighted by Gasteiger charge is -2.33. The van der Waals surface area contributed by atoms with Crippen molar-refractivity contribution in [2.45, 2.75) is 25.0 Å². The highest BCUT2D eigenvalue weighted by atomic mass is 16.5. The predicted molar refractivity (Wildman–Crippen MR) is 71.7 cm³/mol. The van der Waals surface area contributed by atoms with Gasteiger partial charge in [0, 0.05) is 12.1 Å². The van der Waals surface area contributed by atoms with Crippen LogP contribution >= 0.6 is 0 Å². The molecule has 3 rings (SSSR count). The summed E-state index contributed by atoms with van der Waals surface area (Å²) in [5, 5.41) is 20.9. The molecule has 0 radical (unpaired) electrons. The summed E-state index contributed by atoms with van der Waals surface area (Å²) in [4.78, 5) is 39.6. The van der Waals surface area contributed by atoms with Gasteiger partial charge < -0.3 is 20.3 Å². The molecule has 0 aliphatic carbocycles. The van der Waals surface area contributed by atoms with E-state index in [0.717, 1.165) is 0 Å². The van der Waals surface area contributed by atoms with E-state index in [1.807, 2.05) is 0 Å². The molecule has 2 aliphatic rings. The fourth-order valence-electron chi connectivity index (χ4n) is 2.71. The van der Waals surface area contributed by atoms with E-state index < -0.39 is 29.6 Å². The third-order valence-electron chi connectivity index (χ3n) is 3.81. The van der Waals surface area contributed by atoms with E-state index in [2.05, 4.69) is 10.3 Å². The number of aliphatic carboxylic acids is 1. The molecule has 2 atom stereocenters. The molecule has 3 N–H and O–H groups in total. The number of likely N-dealkylation sites (tertiary alicyclic amines) is 1. The van der Waals surface area contributed by atoms with Gasteiger partial charge in [0.05, 0.1) is 6.54 Å². The smallest absolute Gasteiger partial charge is 0.408 e. The van der Waals surface area contributed by atoms with Crippen LogP contribution in [0, 0.1) is 6.92 Å². The Morgan fingerprint density at radius 2 is 2.18 bits per heavy atom. The highest BCUT2D eigenvalue weighted by Crippen LogP contribution is 2.39. The average molecular weight is 307 g/mol. The number of hydrogen-bond acceptors (Lipinski definition) is 5. The first-order chi connectivity index (χ1) is 10.3. The second-order valence-corrected chi connectivity index (χ2v) is 5.32. The van der Waals surface area contributed by atoms with Gasteiger partial charge in [-0.2, -0.15) is 0 Å². The number of carboxylic acids is 1. The Hall–Kier alpha value is -2.84. The topological polar surface area (TPSA) is 129 Å². The molecule has 0 bridgehead atoms. The summed E-state index contributed by atoms with van der Waals surface area (Å²) in [6.45, 7) is 1.38.